The first-order chi connectivity index (χ1) is 8.34. The molecule has 3 rings (SSSR count). The topological polar surface area (TPSA) is 42.1 Å². The van der Waals surface area contributed by atoms with Crippen LogP contribution in [0.3, 0.4) is 0 Å². The van der Waals surface area contributed by atoms with Gasteiger partial charge < -0.3 is 10.6 Å². The van der Waals surface area contributed by atoms with Gasteiger partial charge in [0.05, 0.1) is 5.69 Å². The van der Waals surface area contributed by atoms with Gasteiger partial charge in [0.2, 0.25) is 0 Å². The second-order valence-electron chi connectivity index (χ2n) is 4.36. The molecule has 1 aliphatic heterocycles. The molecule has 2 aromatic rings. The highest BCUT2D eigenvalue weighted by Crippen LogP contribution is 2.26. The van der Waals surface area contributed by atoms with E-state index in [0.29, 0.717) is 0 Å². The first-order valence-electron chi connectivity index (χ1n) is 5.87. The Hall–Kier alpha value is -1.74. The van der Waals surface area contributed by atoms with Crippen LogP contribution in [0.5, 0.6) is 0 Å². The van der Waals surface area contributed by atoms with Crippen LogP contribution in [-0.4, -0.2) is 11.5 Å². The summed E-state index contributed by atoms with van der Waals surface area (Å²) in [5.74, 6) is 0.905. The van der Waals surface area contributed by atoms with Gasteiger partial charge in [-0.2, -0.15) is 0 Å². The van der Waals surface area contributed by atoms with Crippen LogP contribution in [-0.2, 0) is 13.0 Å². The number of benzene rings is 1. The number of aromatic nitrogens is 1. The Kier molecular flexibility index (Phi) is 3.72. The number of nitrogens with zero attached hydrogens (tertiary/aromatic N) is 2. The number of rotatable bonds is 1. The standard InChI is InChI=1S/C14H15N3.ClH/c15-13-6-3-8-16-14(13)17-9-7-11-4-1-2-5-12(11)10-17;/h1-6,8H,7,9-10,15H2;1H. The van der Waals surface area contributed by atoms with Crippen molar-refractivity contribution in [2.75, 3.05) is 17.2 Å². The molecule has 0 saturated carbocycles. The molecular formula is C14H16ClN3. The zero-order valence-electron chi connectivity index (χ0n) is 10.0. The first-order valence-corrected chi connectivity index (χ1v) is 5.87. The summed E-state index contributed by atoms with van der Waals surface area (Å²) >= 11 is 0. The summed E-state index contributed by atoms with van der Waals surface area (Å²) in [6, 6.07) is 12.3. The highest BCUT2D eigenvalue weighted by Gasteiger charge is 2.18. The smallest absolute Gasteiger partial charge is 0.152 e. The molecule has 0 saturated heterocycles. The largest absolute Gasteiger partial charge is 0.396 e. The Morgan fingerprint density at radius 2 is 1.83 bits per heavy atom. The third-order valence-electron chi connectivity index (χ3n) is 3.25. The van der Waals surface area contributed by atoms with Crippen molar-refractivity contribution >= 4 is 23.9 Å². The van der Waals surface area contributed by atoms with E-state index in [4.69, 9.17) is 5.73 Å². The Labute approximate surface area is 113 Å². The molecule has 0 fully saturated rings. The van der Waals surface area contributed by atoms with Crippen LogP contribution < -0.4 is 10.6 Å². The third-order valence-corrected chi connectivity index (χ3v) is 3.25. The predicted octanol–water partition coefficient (Wildman–Crippen LogP) is 2.65. The quantitative estimate of drug-likeness (QED) is 0.858. The van der Waals surface area contributed by atoms with Gasteiger partial charge in [-0.3, -0.25) is 0 Å². The fourth-order valence-corrected chi connectivity index (χ4v) is 2.35. The lowest BCUT2D eigenvalue weighted by atomic mass is 10.00. The number of halogens is 1. The monoisotopic (exact) mass is 261 g/mol. The molecule has 0 bridgehead atoms. The normalized spacial score (nSPS) is 13.7. The van der Waals surface area contributed by atoms with Crippen molar-refractivity contribution in [2.45, 2.75) is 13.0 Å². The van der Waals surface area contributed by atoms with Gasteiger partial charge in [-0.15, -0.1) is 12.4 Å². The lowest BCUT2D eigenvalue weighted by Gasteiger charge is -2.30. The Balaban J connectivity index is 0.00000120. The third kappa shape index (κ3) is 2.27. The minimum Gasteiger partial charge on any atom is -0.396 e. The second kappa shape index (κ2) is 5.27. The lowest BCUT2D eigenvalue weighted by Crippen LogP contribution is -2.31. The summed E-state index contributed by atoms with van der Waals surface area (Å²) in [5, 5.41) is 0. The number of nitrogens with two attached hydrogens (primary N) is 1. The minimum atomic E-state index is 0. The lowest BCUT2D eigenvalue weighted by molar-refractivity contribution is 0.722. The van der Waals surface area contributed by atoms with Crippen molar-refractivity contribution in [1.82, 2.24) is 4.98 Å². The van der Waals surface area contributed by atoms with E-state index in [1.807, 2.05) is 12.1 Å². The molecule has 2 heterocycles. The van der Waals surface area contributed by atoms with Gasteiger partial charge in [0.15, 0.2) is 5.82 Å². The molecule has 0 radical (unpaired) electrons. The highest BCUT2D eigenvalue weighted by atomic mass is 35.5. The van der Waals surface area contributed by atoms with E-state index in [1.165, 1.54) is 11.1 Å². The fourth-order valence-electron chi connectivity index (χ4n) is 2.35. The summed E-state index contributed by atoms with van der Waals surface area (Å²) in [4.78, 5) is 6.62. The Bertz CT molecular complexity index is 542. The number of hydrogen-bond donors (Lipinski definition) is 1. The van der Waals surface area contributed by atoms with Gasteiger partial charge in [-0.25, -0.2) is 4.98 Å². The molecule has 0 spiro atoms. The molecular weight excluding hydrogens is 246 g/mol. The van der Waals surface area contributed by atoms with Crippen molar-refractivity contribution in [1.29, 1.82) is 0 Å². The first kappa shape index (κ1) is 12.7. The van der Waals surface area contributed by atoms with Crippen LogP contribution in [0.2, 0.25) is 0 Å². The van der Waals surface area contributed by atoms with Crippen molar-refractivity contribution in [3.05, 3.63) is 53.7 Å². The summed E-state index contributed by atoms with van der Waals surface area (Å²) in [6.45, 7) is 1.88. The van der Waals surface area contributed by atoms with Gasteiger partial charge in [0.1, 0.15) is 0 Å². The molecule has 94 valence electrons. The van der Waals surface area contributed by atoms with Gasteiger partial charge >= 0.3 is 0 Å². The summed E-state index contributed by atoms with van der Waals surface area (Å²) in [7, 11) is 0. The maximum atomic E-state index is 5.97. The Morgan fingerprint density at radius 3 is 2.61 bits per heavy atom. The van der Waals surface area contributed by atoms with E-state index < -0.39 is 0 Å². The van der Waals surface area contributed by atoms with Gasteiger partial charge in [0.25, 0.3) is 0 Å². The van der Waals surface area contributed by atoms with Gasteiger partial charge in [0, 0.05) is 19.3 Å². The highest BCUT2D eigenvalue weighted by molar-refractivity contribution is 5.85. The van der Waals surface area contributed by atoms with E-state index in [9.17, 15) is 0 Å². The van der Waals surface area contributed by atoms with Crippen LogP contribution in [0.4, 0.5) is 11.5 Å². The second-order valence-corrected chi connectivity index (χ2v) is 4.36. The average Bonchev–Trinajstić information content (AvgIpc) is 2.39. The van der Waals surface area contributed by atoms with Crippen LogP contribution in [0.25, 0.3) is 0 Å². The minimum absolute atomic E-state index is 0. The van der Waals surface area contributed by atoms with Crippen molar-refractivity contribution in [2.24, 2.45) is 0 Å². The maximum Gasteiger partial charge on any atom is 0.152 e. The molecule has 3 nitrogen and oxygen atoms in total. The number of hydrogen-bond acceptors (Lipinski definition) is 3. The molecule has 4 heteroatoms. The van der Waals surface area contributed by atoms with Crippen LogP contribution in [0.1, 0.15) is 11.1 Å². The van der Waals surface area contributed by atoms with Crippen LogP contribution >= 0.6 is 12.4 Å². The summed E-state index contributed by atoms with van der Waals surface area (Å²) < 4.78 is 0. The van der Waals surface area contributed by atoms with E-state index >= 15 is 0 Å². The van der Waals surface area contributed by atoms with E-state index in [1.54, 1.807) is 6.20 Å². The zero-order valence-corrected chi connectivity index (χ0v) is 10.9. The Morgan fingerprint density at radius 1 is 1.06 bits per heavy atom. The molecule has 0 unspecified atom stereocenters. The average molecular weight is 262 g/mol. The fraction of sp³-hybridized carbons (Fsp3) is 0.214. The summed E-state index contributed by atoms with van der Waals surface area (Å²) in [6.07, 6.45) is 2.86. The van der Waals surface area contributed by atoms with Crippen LogP contribution in [0.15, 0.2) is 42.6 Å². The molecule has 1 aliphatic rings. The number of anilines is 2. The van der Waals surface area contributed by atoms with Crippen molar-refractivity contribution in [3.63, 3.8) is 0 Å². The number of nitrogen functional groups attached to an aromatic ring is 1. The molecule has 1 aromatic heterocycles. The number of fused-ring (bicyclic) bond motifs is 1. The van der Waals surface area contributed by atoms with Crippen LogP contribution in [0, 0.1) is 0 Å². The van der Waals surface area contributed by atoms with E-state index in [-0.39, 0.29) is 12.4 Å². The SMILES string of the molecule is Cl.Nc1cccnc1N1CCc2ccccc2C1. The molecule has 0 atom stereocenters. The molecule has 0 aliphatic carbocycles. The molecule has 2 N–H and O–H groups in total. The van der Waals surface area contributed by atoms with E-state index in [0.717, 1.165) is 31.0 Å². The molecule has 1 aromatic carbocycles. The van der Waals surface area contributed by atoms with Gasteiger partial charge in [-0.1, -0.05) is 24.3 Å². The number of pyridine rings is 1. The van der Waals surface area contributed by atoms with Crippen molar-refractivity contribution < 1.29 is 0 Å². The van der Waals surface area contributed by atoms with Crippen molar-refractivity contribution in [3.8, 4) is 0 Å². The van der Waals surface area contributed by atoms with E-state index in [2.05, 4.69) is 34.1 Å². The predicted molar refractivity (Wildman–Crippen MR) is 77.1 cm³/mol. The molecule has 18 heavy (non-hydrogen) atoms. The maximum absolute atomic E-state index is 5.97. The van der Waals surface area contributed by atoms with Gasteiger partial charge in [-0.05, 0) is 29.7 Å². The molecule has 0 amide bonds. The zero-order chi connectivity index (χ0) is 11.7. The summed E-state index contributed by atoms with van der Waals surface area (Å²) in [5.41, 5.74) is 9.54.